The molecule has 0 bridgehead atoms. The number of amides is 1. The fourth-order valence-electron chi connectivity index (χ4n) is 1.78. The third kappa shape index (κ3) is 3.27. The van der Waals surface area contributed by atoms with Gasteiger partial charge in [-0.1, -0.05) is 0 Å². The molecule has 1 saturated heterocycles. The van der Waals surface area contributed by atoms with E-state index in [1.165, 1.54) is 0 Å². The zero-order valence-corrected chi connectivity index (χ0v) is 8.87. The fraction of sp³-hybridized carbons (Fsp3) is 0.900. The molecule has 4 heteroatoms. The highest BCUT2D eigenvalue weighted by atomic mass is 16.5. The second-order valence-electron chi connectivity index (χ2n) is 3.83. The number of likely N-dealkylation sites (tertiary alicyclic amines) is 1. The molecular weight excluding hydrogens is 180 g/mol. The lowest BCUT2D eigenvalue weighted by molar-refractivity contribution is -0.130. The van der Waals surface area contributed by atoms with E-state index >= 15 is 0 Å². The number of methoxy groups -OCH3 is 1. The standard InChI is InChI=1S/C10H20N2O2/c1-14-6-2-3-10(13)12-5-4-9(7-11)8-12/h9H,2-8,11H2,1H3. The molecule has 1 rings (SSSR count). The maximum Gasteiger partial charge on any atom is 0.222 e. The van der Waals surface area contributed by atoms with Crippen LogP contribution >= 0.6 is 0 Å². The fourth-order valence-corrected chi connectivity index (χ4v) is 1.78. The smallest absolute Gasteiger partial charge is 0.222 e. The molecule has 2 N–H and O–H groups in total. The SMILES string of the molecule is COCCCC(=O)N1CCC(CN)C1. The first kappa shape index (κ1) is 11.5. The summed E-state index contributed by atoms with van der Waals surface area (Å²) in [6.07, 6.45) is 2.48. The van der Waals surface area contributed by atoms with Crippen molar-refractivity contribution in [3.05, 3.63) is 0 Å². The van der Waals surface area contributed by atoms with Crippen molar-refractivity contribution in [3.8, 4) is 0 Å². The van der Waals surface area contributed by atoms with Crippen molar-refractivity contribution in [2.24, 2.45) is 11.7 Å². The minimum Gasteiger partial charge on any atom is -0.385 e. The maximum atomic E-state index is 11.6. The third-order valence-electron chi connectivity index (χ3n) is 2.71. The summed E-state index contributed by atoms with van der Waals surface area (Å²) in [6.45, 7) is 3.09. The molecule has 0 aliphatic carbocycles. The molecule has 1 aliphatic heterocycles. The predicted octanol–water partition coefficient (Wildman–Crippen LogP) is 0.220. The number of nitrogens with two attached hydrogens (primary N) is 1. The molecule has 0 saturated carbocycles. The highest BCUT2D eigenvalue weighted by Crippen LogP contribution is 2.15. The Labute approximate surface area is 85.4 Å². The molecule has 1 aliphatic rings. The van der Waals surface area contributed by atoms with Crippen molar-refractivity contribution in [2.75, 3.05) is 33.4 Å². The van der Waals surface area contributed by atoms with E-state index in [1.807, 2.05) is 4.90 Å². The van der Waals surface area contributed by atoms with Gasteiger partial charge in [0.25, 0.3) is 0 Å². The molecule has 1 unspecified atom stereocenters. The molecule has 0 aromatic heterocycles. The number of carbonyl (C=O) groups is 1. The quantitative estimate of drug-likeness (QED) is 0.646. The summed E-state index contributed by atoms with van der Waals surface area (Å²) < 4.78 is 4.91. The largest absolute Gasteiger partial charge is 0.385 e. The van der Waals surface area contributed by atoms with Crippen LogP contribution in [0.15, 0.2) is 0 Å². The van der Waals surface area contributed by atoms with Gasteiger partial charge in [-0.3, -0.25) is 4.79 Å². The average molecular weight is 200 g/mol. The second kappa shape index (κ2) is 5.98. The van der Waals surface area contributed by atoms with E-state index in [4.69, 9.17) is 10.5 Å². The number of ether oxygens (including phenoxy) is 1. The van der Waals surface area contributed by atoms with E-state index in [0.717, 1.165) is 25.9 Å². The lowest BCUT2D eigenvalue weighted by Crippen LogP contribution is -2.29. The van der Waals surface area contributed by atoms with Crippen molar-refractivity contribution in [3.63, 3.8) is 0 Å². The predicted molar refractivity (Wildman–Crippen MR) is 54.9 cm³/mol. The van der Waals surface area contributed by atoms with Gasteiger partial charge in [0.15, 0.2) is 0 Å². The van der Waals surface area contributed by atoms with E-state index in [9.17, 15) is 4.79 Å². The van der Waals surface area contributed by atoms with Crippen LogP contribution in [0.2, 0.25) is 0 Å². The Kier molecular flexibility index (Phi) is 4.90. The van der Waals surface area contributed by atoms with Crippen molar-refractivity contribution < 1.29 is 9.53 Å². The van der Waals surface area contributed by atoms with Crippen LogP contribution in [0.4, 0.5) is 0 Å². The molecule has 1 heterocycles. The lowest BCUT2D eigenvalue weighted by Gasteiger charge is -2.15. The maximum absolute atomic E-state index is 11.6. The number of hydrogen-bond acceptors (Lipinski definition) is 3. The summed E-state index contributed by atoms with van der Waals surface area (Å²) >= 11 is 0. The highest BCUT2D eigenvalue weighted by molar-refractivity contribution is 5.76. The zero-order chi connectivity index (χ0) is 10.4. The van der Waals surface area contributed by atoms with Crippen LogP contribution in [0.1, 0.15) is 19.3 Å². The summed E-state index contributed by atoms with van der Waals surface area (Å²) in [5.41, 5.74) is 5.56. The Balaban J connectivity index is 2.18. The molecule has 1 amide bonds. The number of nitrogens with zero attached hydrogens (tertiary/aromatic N) is 1. The molecule has 1 atom stereocenters. The van der Waals surface area contributed by atoms with Crippen LogP contribution < -0.4 is 5.73 Å². The minimum atomic E-state index is 0.248. The first-order chi connectivity index (χ1) is 6.77. The summed E-state index contributed by atoms with van der Waals surface area (Å²) in [4.78, 5) is 13.5. The number of carbonyl (C=O) groups excluding carboxylic acids is 1. The molecule has 0 aromatic carbocycles. The van der Waals surface area contributed by atoms with Crippen molar-refractivity contribution in [1.82, 2.24) is 4.90 Å². The molecule has 1 fully saturated rings. The molecule has 0 spiro atoms. The van der Waals surface area contributed by atoms with Gasteiger partial charge in [-0.2, -0.15) is 0 Å². The van der Waals surface area contributed by atoms with Gasteiger partial charge in [-0.25, -0.2) is 0 Å². The monoisotopic (exact) mass is 200 g/mol. The molecule has 82 valence electrons. The number of hydrogen-bond donors (Lipinski definition) is 1. The van der Waals surface area contributed by atoms with Gasteiger partial charge in [0.05, 0.1) is 0 Å². The Morgan fingerprint density at radius 1 is 1.64 bits per heavy atom. The molecule has 14 heavy (non-hydrogen) atoms. The highest BCUT2D eigenvalue weighted by Gasteiger charge is 2.24. The van der Waals surface area contributed by atoms with Gasteiger partial charge in [0.2, 0.25) is 5.91 Å². The first-order valence-electron chi connectivity index (χ1n) is 5.24. The van der Waals surface area contributed by atoms with E-state index in [2.05, 4.69) is 0 Å². The first-order valence-corrected chi connectivity index (χ1v) is 5.24. The Morgan fingerprint density at radius 2 is 2.43 bits per heavy atom. The van der Waals surface area contributed by atoms with E-state index in [0.29, 0.717) is 25.5 Å². The van der Waals surface area contributed by atoms with E-state index in [-0.39, 0.29) is 5.91 Å². The number of rotatable bonds is 5. The second-order valence-corrected chi connectivity index (χ2v) is 3.83. The van der Waals surface area contributed by atoms with Crippen LogP contribution in [0.3, 0.4) is 0 Å². The van der Waals surface area contributed by atoms with Crippen LogP contribution in [-0.4, -0.2) is 44.2 Å². The third-order valence-corrected chi connectivity index (χ3v) is 2.71. The molecule has 0 aromatic rings. The van der Waals surface area contributed by atoms with Crippen LogP contribution in [0.25, 0.3) is 0 Å². The van der Waals surface area contributed by atoms with Crippen LogP contribution in [-0.2, 0) is 9.53 Å². The van der Waals surface area contributed by atoms with E-state index < -0.39 is 0 Å². The Bertz CT molecular complexity index is 185. The topological polar surface area (TPSA) is 55.6 Å². The van der Waals surface area contributed by atoms with E-state index in [1.54, 1.807) is 7.11 Å². The summed E-state index contributed by atoms with van der Waals surface area (Å²) in [6, 6.07) is 0. The summed E-state index contributed by atoms with van der Waals surface area (Å²) in [5, 5.41) is 0. The Hall–Kier alpha value is -0.610. The summed E-state index contributed by atoms with van der Waals surface area (Å²) in [5.74, 6) is 0.763. The molecule has 4 nitrogen and oxygen atoms in total. The zero-order valence-electron chi connectivity index (χ0n) is 8.87. The minimum absolute atomic E-state index is 0.248. The van der Waals surface area contributed by atoms with Gasteiger partial charge in [-0.05, 0) is 25.3 Å². The molecule has 0 radical (unpaired) electrons. The van der Waals surface area contributed by atoms with Crippen molar-refractivity contribution in [2.45, 2.75) is 19.3 Å². The average Bonchev–Trinajstić information content (AvgIpc) is 2.66. The van der Waals surface area contributed by atoms with Gasteiger partial charge in [-0.15, -0.1) is 0 Å². The molecular formula is C10H20N2O2. The normalized spacial score (nSPS) is 21.6. The van der Waals surface area contributed by atoms with Crippen LogP contribution in [0, 0.1) is 5.92 Å². The summed E-state index contributed by atoms with van der Waals surface area (Å²) in [7, 11) is 1.66. The Morgan fingerprint density at radius 3 is 3.00 bits per heavy atom. The van der Waals surface area contributed by atoms with Gasteiger partial charge < -0.3 is 15.4 Å². The van der Waals surface area contributed by atoms with Gasteiger partial charge in [0, 0.05) is 33.2 Å². The van der Waals surface area contributed by atoms with Crippen molar-refractivity contribution in [1.29, 1.82) is 0 Å². The lowest BCUT2D eigenvalue weighted by atomic mass is 10.1. The van der Waals surface area contributed by atoms with Gasteiger partial charge in [0.1, 0.15) is 0 Å². The van der Waals surface area contributed by atoms with Crippen LogP contribution in [0.5, 0.6) is 0 Å². The van der Waals surface area contributed by atoms with Gasteiger partial charge >= 0.3 is 0 Å². The van der Waals surface area contributed by atoms with Crippen molar-refractivity contribution >= 4 is 5.91 Å².